The van der Waals surface area contributed by atoms with Crippen molar-refractivity contribution in [3.8, 4) is 11.5 Å². The van der Waals surface area contributed by atoms with Crippen LogP contribution in [-0.2, 0) is 9.59 Å². The van der Waals surface area contributed by atoms with Crippen molar-refractivity contribution in [3.05, 3.63) is 83.4 Å². The second-order valence-corrected chi connectivity index (χ2v) is 8.55. The molecule has 1 saturated heterocycles. The first-order valence-electron chi connectivity index (χ1n) is 9.89. The largest absolute Gasteiger partial charge is 0.497 e. The van der Waals surface area contributed by atoms with Crippen LogP contribution >= 0.6 is 23.4 Å². The number of halogens is 1. The van der Waals surface area contributed by atoms with Crippen molar-refractivity contribution < 1.29 is 19.1 Å². The summed E-state index contributed by atoms with van der Waals surface area (Å²) < 4.78 is 10.8. The number of thioether (sulfide) groups is 1. The van der Waals surface area contributed by atoms with E-state index in [-0.39, 0.29) is 23.8 Å². The van der Waals surface area contributed by atoms with Crippen molar-refractivity contribution >= 4 is 46.6 Å². The lowest BCUT2D eigenvalue weighted by Crippen LogP contribution is -2.28. The zero-order chi connectivity index (χ0) is 22.5. The van der Waals surface area contributed by atoms with Gasteiger partial charge in [-0.3, -0.25) is 14.5 Å². The number of anilines is 2. The molecule has 8 heteroatoms. The maximum atomic E-state index is 12.6. The summed E-state index contributed by atoms with van der Waals surface area (Å²) in [6, 6.07) is 21.7. The molecule has 0 radical (unpaired) electrons. The van der Waals surface area contributed by atoms with Crippen molar-refractivity contribution in [2.24, 2.45) is 0 Å². The molecule has 2 amide bonds. The third kappa shape index (κ3) is 5.18. The number of rotatable bonds is 7. The van der Waals surface area contributed by atoms with Crippen molar-refractivity contribution in [3.63, 3.8) is 0 Å². The zero-order valence-corrected chi connectivity index (χ0v) is 18.9. The summed E-state index contributed by atoms with van der Waals surface area (Å²) in [5.74, 6) is 1.38. The average molecular weight is 469 g/mol. The van der Waals surface area contributed by atoms with Gasteiger partial charge in [0.05, 0.1) is 12.9 Å². The van der Waals surface area contributed by atoms with Crippen LogP contribution in [0.1, 0.15) is 10.9 Å². The molecule has 164 valence electrons. The number of carbonyl (C=O) groups is 2. The van der Waals surface area contributed by atoms with Crippen LogP contribution < -0.4 is 19.7 Å². The van der Waals surface area contributed by atoms with Crippen LogP contribution in [0.3, 0.4) is 0 Å². The summed E-state index contributed by atoms with van der Waals surface area (Å²) in [5.41, 5.74) is 2.33. The molecular weight excluding hydrogens is 448 g/mol. The molecule has 1 aliphatic rings. The van der Waals surface area contributed by atoms with Crippen molar-refractivity contribution in [1.29, 1.82) is 0 Å². The number of nitrogens with zero attached hydrogens (tertiary/aromatic N) is 1. The normalized spacial score (nSPS) is 15.5. The van der Waals surface area contributed by atoms with Gasteiger partial charge >= 0.3 is 0 Å². The Hall–Kier alpha value is -3.16. The smallest absolute Gasteiger partial charge is 0.262 e. The lowest BCUT2D eigenvalue weighted by Gasteiger charge is -2.25. The number of amides is 2. The fourth-order valence-electron chi connectivity index (χ4n) is 3.36. The summed E-state index contributed by atoms with van der Waals surface area (Å²) in [6.45, 7) is -0.127. The minimum absolute atomic E-state index is 0.0269. The molecule has 0 spiro atoms. The summed E-state index contributed by atoms with van der Waals surface area (Å²) in [7, 11) is 1.60. The molecule has 0 bridgehead atoms. The van der Waals surface area contributed by atoms with Gasteiger partial charge in [0.2, 0.25) is 5.91 Å². The Balaban J connectivity index is 1.46. The Morgan fingerprint density at radius 2 is 1.88 bits per heavy atom. The van der Waals surface area contributed by atoms with E-state index in [1.54, 1.807) is 54.1 Å². The minimum Gasteiger partial charge on any atom is -0.497 e. The predicted octanol–water partition coefficient (Wildman–Crippen LogP) is 5.14. The quantitative estimate of drug-likeness (QED) is 0.519. The van der Waals surface area contributed by atoms with Gasteiger partial charge in [-0.05, 0) is 54.1 Å². The van der Waals surface area contributed by atoms with E-state index >= 15 is 0 Å². The molecule has 1 aliphatic heterocycles. The molecule has 1 N–H and O–H groups in total. The molecule has 3 aromatic rings. The third-order valence-corrected chi connectivity index (χ3v) is 6.30. The monoisotopic (exact) mass is 468 g/mol. The van der Waals surface area contributed by atoms with E-state index in [1.165, 1.54) is 0 Å². The number of hydrogen-bond acceptors (Lipinski definition) is 5. The Kier molecular flexibility index (Phi) is 6.87. The molecule has 0 saturated carbocycles. The summed E-state index contributed by atoms with van der Waals surface area (Å²) in [6.07, 6.45) is 0. The zero-order valence-electron chi connectivity index (χ0n) is 17.3. The van der Waals surface area contributed by atoms with Crippen LogP contribution in [0.25, 0.3) is 0 Å². The maximum absolute atomic E-state index is 12.6. The van der Waals surface area contributed by atoms with E-state index in [1.807, 2.05) is 42.5 Å². The highest BCUT2D eigenvalue weighted by Gasteiger charge is 2.34. The van der Waals surface area contributed by atoms with E-state index in [0.717, 1.165) is 11.3 Å². The molecule has 1 atom stereocenters. The molecule has 0 aromatic heterocycles. The van der Waals surface area contributed by atoms with Gasteiger partial charge in [0.25, 0.3) is 5.91 Å². The summed E-state index contributed by atoms with van der Waals surface area (Å²) >= 11 is 7.40. The fourth-order valence-corrected chi connectivity index (χ4v) is 4.65. The van der Waals surface area contributed by atoms with Crippen LogP contribution in [0.2, 0.25) is 5.02 Å². The number of ether oxygens (including phenoxy) is 2. The predicted molar refractivity (Wildman–Crippen MR) is 128 cm³/mol. The van der Waals surface area contributed by atoms with Crippen LogP contribution in [0, 0.1) is 0 Å². The number of benzene rings is 3. The molecule has 3 aromatic carbocycles. The Labute approximate surface area is 195 Å². The Bertz CT molecular complexity index is 1120. The lowest BCUT2D eigenvalue weighted by molar-refractivity contribution is -0.118. The lowest BCUT2D eigenvalue weighted by atomic mass is 10.1. The van der Waals surface area contributed by atoms with Crippen LogP contribution in [-0.4, -0.2) is 31.3 Å². The highest BCUT2D eigenvalue weighted by atomic mass is 35.5. The van der Waals surface area contributed by atoms with Crippen LogP contribution in [0.4, 0.5) is 11.4 Å². The number of nitrogens with one attached hydrogen (secondary N) is 1. The van der Waals surface area contributed by atoms with Gasteiger partial charge in [-0.1, -0.05) is 29.8 Å². The van der Waals surface area contributed by atoms with Crippen LogP contribution in [0.5, 0.6) is 11.5 Å². The topological polar surface area (TPSA) is 67.9 Å². The van der Waals surface area contributed by atoms with E-state index in [4.69, 9.17) is 21.1 Å². The van der Waals surface area contributed by atoms with E-state index in [2.05, 4.69) is 5.32 Å². The van der Waals surface area contributed by atoms with Crippen molar-refractivity contribution in [2.75, 3.05) is 29.7 Å². The van der Waals surface area contributed by atoms with Gasteiger partial charge in [-0.25, -0.2) is 0 Å². The average Bonchev–Trinajstić information content (AvgIpc) is 3.20. The van der Waals surface area contributed by atoms with Gasteiger partial charge in [0.15, 0.2) is 6.61 Å². The van der Waals surface area contributed by atoms with Crippen LogP contribution in [0.15, 0.2) is 72.8 Å². The third-order valence-electron chi connectivity index (χ3n) is 4.84. The standard InChI is InChI=1S/C24H21ClN2O4S/c1-30-21-7-3-6-19(13-21)27-23(29)15-32-24(27)16-4-2-5-18(12-16)26-22(28)14-31-20-10-8-17(25)9-11-20/h2-13,24H,14-15H2,1H3,(H,26,28). The maximum Gasteiger partial charge on any atom is 0.262 e. The number of methoxy groups -OCH3 is 1. The first-order valence-corrected chi connectivity index (χ1v) is 11.3. The first-order chi connectivity index (χ1) is 15.5. The SMILES string of the molecule is COc1cccc(N2C(=O)CSC2c2cccc(NC(=O)COc3ccc(Cl)cc3)c2)c1. The molecule has 1 fully saturated rings. The molecule has 1 unspecified atom stereocenters. The van der Waals surface area contributed by atoms with Gasteiger partial charge in [0, 0.05) is 22.5 Å². The van der Waals surface area contributed by atoms with Gasteiger partial charge in [-0.2, -0.15) is 0 Å². The van der Waals surface area contributed by atoms with Gasteiger partial charge in [0.1, 0.15) is 16.9 Å². The molecule has 32 heavy (non-hydrogen) atoms. The highest BCUT2D eigenvalue weighted by Crippen LogP contribution is 2.42. The Morgan fingerprint density at radius 3 is 2.66 bits per heavy atom. The van der Waals surface area contributed by atoms with Crippen molar-refractivity contribution in [1.82, 2.24) is 0 Å². The number of carbonyl (C=O) groups excluding carboxylic acids is 2. The molecule has 0 aliphatic carbocycles. The summed E-state index contributed by atoms with van der Waals surface area (Å²) in [5, 5.41) is 3.25. The van der Waals surface area contributed by atoms with Gasteiger partial charge < -0.3 is 14.8 Å². The molecule has 1 heterocycles. The highest BCUT2D eigenvalue weighted by molar-refractivity contribution is 8.00. The van der Waals surface area contributed by atoms with E-state index < -0.39 is 0 Å². The van der Waals surface area contributed by atoms with Crippen molar-refractivity contribution in [2.45, 2.75) is 5.37 Å². The first kappa shape index (κ1) is 22.0. The van der Waals surface area contributed by atoms with Gasteiger partial charge in [-0.15, -0.1) is 11.8 Å². The minimum atomic E-state index is -0.281. The number of hydrogen-bond donors (Lipinski definition) is 1. The second kappa shape index (κ2) is 9.97. The summed E-state index contributed by atoms with van der Waals surface area (Å²) in [4.78, 5) is 26.7. The molecular formula is C24H21ClN2O4S. The Morgan fingerprint density at radius 1 is 1.09 bits per heavy atom. The van der Waals surface area contributed by atoms with E-state index in [0.29, 0.717) is 28.0 Å². The molecule has 6 nitrogen and oxygen atoms in total. The fraction of sp³-hybridized carbons (Fsp3) is 0.167. The second-order valence-electron chi connectivity index (χ2n) is 7.04. The molecule has 4 rings (SSSR count). The van der Waals surface area contributed by atoms with E-state index in [9.17, 15) is 9.59 Å².